The molecular weight excluding hydrogens is 252 g/mol. The van der Waals surface area contributed by atoms with Crippen LogP contribution in [-0.4, -0.2) is 9.97 Å². The van der Waals surface area contributed by atoms with Gasteiger partial charge in [0.05, 0.1) is 0 Å². The SMILES string of the molecule is CCc1ncc(-c2ccc(Br)cc2)cn1. The monoisotopic (exact) mass is 262 g/mol. The van der Waals surface area contributed by atoms with Crippen molar-refractivity contribution in [2.45, 2.75) is 13.3 Å². The Labute approximate surface area is 97.5 Å². The largest absolute Gasteiger partial charge is 0.241 e. The summed E-state index contributed by atoms with van der Waals surface area (Å²) in [6.07, 6.45) is 4.62. The Balaban J connectivity index is 2.33. The van der Waals surface area contributed by atoms with Gasteiger partial charge in [-0.25, -0.2) is 9.97 Å². The molecule has 0 aliphatic carbocycles. The van der Waals surface area contributed by atoms with Gasteiger partial charge in [-0.15, -0.1) is 0 Å². The van der Waals surface area contributed by atoms with Gasteiger partial charge < -0.3 is 0 Å². The third-order valence-electron chi connectivity index (χ3n) is 2.20. The van der Waals surface area contributed by atoms with Gasteiger partial charge in [-0.2, -0.15) is 0 Å². The summed E-state index contributed by atoms with van der Waals surface area (Å²) in [5.41, 5.74) is 2.19. The van der Waals surface area contributed by atoms with E-state index in [0.717, 1.165) is 27.8 Å². The van der Waals surface area contributed by atoms with Crippen LogP contribution in [0.3, 0.4) is 0 Å². The Kier molecular flexibility index (Phi) is 3.11. The first-order chi connectivity index (χ1) is 7.29. The van der Waals surface area contributed by atoms with Gasteiger partial charge in [-0.3, -0.25) is 0 Å². The number of halogens is 1. The Bertz CT molecular complexity index is 434. The lowest BCUT2D eigenvalue weighted by Gasteiger charge is -2.01. The second-order valence-corrected chi connectivity index (χ2v) is 4.16. The van der Waals surface area contributed by atoms with Gasteiger partial charge >= 0.3 is 0 Å². The molecule has 0 aliphatic rings. The van der Waals surface area contributed by atoms with Crippen molar-refractivity contribution in [2.75, 3.05) is 0 Å². The van der Waals surface area contributed by atoms with Crippen LogP contribution in [0.2, 0.25) is 0 Å². The normalized spacial score (nSPS) is 10.3. The van der Waals surface area contributed by atoms with Crippen LogP contribution in [0, 0.1) is 0 Å². The average molecular weight is 263 g/mol. The van der Waals surface area contributed by atoms with Crippen LogP contribution in [-0.2, 0) is 6.42 Å². The Morgan fingerprint density at radius 3 is 2.13 bits per heavy atom. The smallest absolute Gasteiger partial charge is 0.127 e. The number of aromatic nitrogens is 2. The van der Waals surface area contributed by atoms with Crippen molar-refractivity contribution >= 4 is 15.9 Å². The molecular formula is C12H11BrN2. The van der Waals surface area contributed by atoms with Crippen molar-refractivity contribution in [1.82, 2.24) is 9.97 Å². The molecule has 1 aromatic carbocycles. The van der Waals surface area contributed by atoms with E-state index in [4.69, 9.17) is 0 Å². The zero-order valence-corrected chi connectivity index (χ0v) is 10.0. The van der Waals surface area contributed by atoms with Crippen LogP contribution < -0.4 is 0 Å². The first kappa shape index (κ1) is 10.3. The number of rotatable bonds is 2. The molecule has 2 nitrogen and oxygen atoms in total. The summed E-state index contributed by atoms with van der Waals surface area (Å²) in [7, 11) is 0. The molecule has 0 amide bonds. The zero-order chi connectivity index (χ0) is 10.7. The summed E-state index contributed by atoms with van der Waals surface area (Å²) in [5, 5.41) is 0. The van der Waals surface area contributed by atoms with E-state index in [9.17, 15) is 0 Å². The summed E-state index contributed by atoms with van der Waals surface area (Å²) in [4.78, 5) is 8.55. The topological polar surface area (TPSA) is 25.8 Å². The van der Waals surface area contributed by atoms with E-state index in [1.54, 1.807) is 0 Å². The molecule has 1 aromatic heterocycles. The van der Waals surface area contributed by atoms with Gasteiger partial charge in [0.25, 0.3) is 0 Å². The third-order valence-corrected chi connectivity index (χ3v) is 2.73. The first-order valence-corrected chi connectivity index (χ1v) is 5.65. The predicted molar refractivity (Wildman–Crippen MR) is 64.5 cm³/mol. The van der Waals surface area contributed by atoms with E-state index < -0.39 is 0 Å². The van der Waals surface area contributed by atoms with Crippen molar-refractivity contribution in [3.63, 3.8) is 0 Å². The fourth-order valence-electron chi connectivity index (χ4n) is 1.33. The molecule has 2 rings (SSSR count). The summed E-state index contributed by atoms with van der Waals surface area (Å²) < 4.78 is 1.08. The van der Waals surface area contributed by atoms with E-state index >= 15 is 0 Å². The highest BCUT2D eigenvalue weighted by molar-refractivity contribution is 9.10. The predicted octanol–water partition coefficient (Wildman–Crippen LogP) is 3.47. The van der Waals surface area contributed by atoms with Gasteiger partial charge in [0.15, 0.2) is 0 Å². The zero-order valence-electron chi connectivity index (χ0n) is 8.44. The fourth-order valence-corrected chi connectivity index (χ4v) is 1.59. The fraction of sp³-hybridized carbons (Fsp3) is 0.167. The van der Waals surface area contributed by atoms with E-state index in [2.05, 4.69) is 32.8 Å². The Morgan fingerprint density at radius 2 is 1.60 bits per heavy atom. The number of hydrogen-bond donors (Lipinski definition) is 0. The van der Waals surface area contributed by atoms with Crippen molar-refractivity contribution in [2.24, 2.45) is 0 Å². The molecule has 76 valence electrons. The van der Waals surface area contributed by atoms with E-state index in [-0.39, 0.29) is 0 Å². The molecule has 0 bridgehead atoms. The number of aryl methyl sites for hydroxylation is 1. The van der Waals surface area contributed by atoms with Crippen molar-refractivity contribution < 1.29 is 0 Å². The molecule has 2 aromatic rings. The number of hydrogen-bond acceptors (Lipinski definition) is 2. The van der Waals surface area contributed by atoms with Gasteiger partial charge in [0.2, 0.25) is 0 Å². The highest BCUT2D eigenvalue weighted by Gasteiger charge is 1.98. The van der Waals surface area contributed by atoms with Crippen LogP contribution >= 0.6 is 15.9 Å². The molecule has 0 atom stereocenters. The molecule has 0 radical (unpaired) electrons. The summed E-state index contributed by atoms with van der Waals surface area (Å²) in [5.74, 6) is 0.885. The van der Waals surface area contributed by atoms with Crippen LogP contribution in [0.4, 0.5) is 0 Å². The molecule has 0 unspecified atom stereocenters. The maximum absolute atomic E-state index is 4.27. The van der Waals surface area contributed by atoms with Crippen molar-refractivity contribution in [3.8, 4) is 11.1 Å². The average Bonchev–Trinajstić information content (AvgIpc) is 2.30. The number of nitrogens with zero attached hydrogens (tertiary/aromatic N) is 2. The van der Waals surface area contributed by atoms with Gasteiger partial charge in [0.1, 0.15) is 5.82 Å². The number of benzene rings is 1. The summed E-state index contributed by atoms with van der Waals surface area (Å²) in [6, 6.07) is 8.13. The van der Waals surface area contributed by atoms with E-state index in [1.165, 1.54) is 0 Å². The molecule has 0 spiro atoms. The van der Waals surface area contributed by atoms with Crippen molar-refractivity contribution in [3.05, 3.63) is 47.0 Å². The van der Waals surface area contributed by atoms with E-state index in [0.29, 0.717) is 0 Å². The molecule has 0 fully saturated rings. The lowest BCUT2D eigenvalue weighted by molar-refractivity contribution is 0.941. The molecule has 15 heavy (non-hydrogen) atoms. The Morgan fingerprint density at radius 1 is 1.00 bits per heavy atom. The highest BCUT2D eigenvalue weighted by atomic mass is 79.9. The minimum atomic E-state index is 0.876. The lowest BCUT2D eigenvalue weighted by Crippen LogP contribution is -1.91. The highest BCUT2D eigenvalue weighted by Crippen LogP contribution is 2.20. The Hall–Kier alpha value is -1.22. The van der Waals surface area contributed by atoms with Gasteiger partial charge in [-0.05, 0) is 17.7 Å². The standard InChI is InChI=1S/C12H11BrN2/c1-2-12-14-7-10(8-15-12)9-3-5-11(13)6-4-9/h3-8H,2H2,1H3. The van der Waals surface area contributed by atoms with Gasteiger partial charge in [-0.1, -0.05) is 35.0 Å². The minimum Gasteiger partial charge on any atom is -0.241 e. The quantitative estimate of drug-likeness (QED) is 0.829. The molecule has 3 heteroatoms. The van der Waals surface area contributed by atoms with Gasteiger partial charge in [0, 0.05) is 28.9 Å². The molecule has 1 heterocycles. The van der Waals surface area contributed by atoms with Crippen LogP contribution in [0.1, 0.15) is 12.7 Å². The second-order valence-electron chi connectivity index (χ2n) is 3.25. The van der Waals surface area contributed by atoms with E-state index in [1.807, 2.05) is 36.7 Å². The molecule has 0 saturated carbocycles. The molecule has 0 aliphatic heterocycles. The van der Waals surface area contributed by atoms with Crippen LogP contribution in [0.15, 0.2) is 41.1 Å². The minimum absolute atomic E-state index is 0.876. The first-order valence-electron chi connectivity index (χ1n) is 4.86. The van der Waals surface area contributed by atoms with Crippen LogP contribution in [0.5, 0.6) is 0 Å². The summed E-state index contributed by atoms with van der Waals surface area (Å²) in [6.45, 7) is 2.05. The second kappa shape index (κ2) is 4.53. The molecule has 0 saturated heterocycles. The third kappa shape index (κ3) is 2.42. The van der Waals surface area contributed by atoms with Crippen molar-refractivity contribution in [1.29, 1.82) is 0 Å². The maximum Gasteiger partial charge on any atom is 0.127 e. The lowest BCUT2D eigenvalue weighted by atomic mass is 10.1. The summed E-state index contributed by atoms with van der Waals surface area (Å²) >= 11 is 3.41. The molecule has 0 N–H and O–H groups in total. The maximum atomic E-state index is 4.27. The van der Waals surface area contributed by atoms with Crippen LogP contribution in [0.25, 0.3) is 11.1 Å².